The number of rotatable bonds is 5. The van der Waals surface area contributed by atoms with Crippen LogP contribution in [0.4, 0.5) is 4.79 Å². The standard InChI is InChI=1S/C17H21ClN2O5/c1-5-6-25-16(22)13-9(2)20(3)17(23)19-14(13)10-7-11(18)15(21)12(8-10)24-4/h7-8,14,21H,5-6H2,1-4H3,(H,19,23). The van der Waals surface area contributed by atoms with E-state index in [1.54, 1.807) is 14.0 Å². The SMILES string of the molecule is CCCOC(=O)C1=C(C)N(C)C(=O)NC1c1cc(Cl)c(O)c(OC)c1. The monoisotopic (exact) mass is 368 g/mol. The Balaban J connectivity index is 2.55. The van der Waals surface area contributed by atoms with Crippen molar-refractivity contribution in [2.24, 2.45) is 0 Å². The number of aromatic hydroxyl groups is 1. The van der Waals surface area contributed by atoms with Gasteiger partial charge in [0.25, 0.3) is 0 Å². The van der Waals surface area contributed by atoms with E-state index in [-0.39, 0.29) is 29.2 Å². The van der Waals surface area contributed by atoms with Crippen LogP contribution in [0.25, 0.3) is 0 Å². The molecule has 0 saturated carbocycles. The van der Waals surface area contributed by atoms with Gasteiger partial charge in [0.05, 0.1) is 30.4 Å². The van der Waals surface area contributed by atoms with E-state index in [9.17, 15) is 14.7 Å². The Kier molecular flexibility index (Phi) is 5.79. The van der Waals surface area contributed by atoms with Gasteiger partial charge in [-0.05, 0) is 31.0 Å². The van der Waals surface area contributed by atoms with E-state index in [1.165, 1.54) is 24.1 Å². The molecule has 2 amide bonds. The number of nitrogens with one attached hydrogen (secondary N) is 1. The number of hydrogen-bond acceptors (Lipinski definition) is 5. The maximum Gasteiger partial charge on any atom is 0.338 e. The van der Waals surface area contributed by atoms with Gasteiger partial charge in [-0.3, -0.25) is 0 Å². The lowest BCUT2D eigenvalue weighted by molar-refractivity contribution is -0.139. The van der Waals surface area contributed by atoms with Crippen LogP contribution in [0, 0.1) is 0 Å². The topological polar surface area (TPSA) is 88.1 Å². The maximum absolute atomic E-state index is 12.5. The van der Waals surface area contributed by atoms with Crippen LogP contribution in [0.1, 0.15) is 31.9 Å². The van der Waals surface area contributed by atoms with Gasteiger partial charge >= 0.3 is 12.0 Å². The zero-order chi connectivity index (χ0) is 18.7. The summed E-state index contributed by atoms with van der Waals surface area (Å²) >= 11 is 6.04. The fourth-order valence-electron chi connectivity index (χ4n) is 2.54. The van der Waals surface area contributed by atoms with E-state index >= 15 is 0 Å². The van der Waals surface area contributed by atoms with Gasteiger partial charge in [0.1, 0.15) is 0 Å². The van der Waals surface area contributed by atoms with Gasteiger partial charge in [-0.15, -0.1) is 0 Å². The number of ether oxygens (including phenoxy) is 2. The van der Waals surface area contributed by atoms with E-state index < -0.39 is 12.0 Å². The van der Waals surface area contributed by atoms with Crippen molar-refractivity contribution in [3.63, 3.8) is 0 Å². The minimum Gasteiger partial charge on any atom is -0.503 e. The molecule has 0 saturated heterocycles. The van der Waals surface area contributed by atoms with E-state index in [2.05, 4.69) is 5.32 Å². The first-order valence-electron chi connectivity index (χ1n) is 7.80. The second-order valence-corrected chi connectivity index (χ2v) is 6.04. The first kappa shape index (κ1) is 18.9. The highest BCUT2D eigenvalue weighted by Crippen LogP contribution is 2.39. The van der Waals surface area contributed by atoms with Gasteiger partial charge in [0.15, 0.2) is 11.5 Å². The molecule has 0 radical (unpaired) electrons. The zero-order valence-electron chi connectivity index (χ0n) is 14.6. The molecule has 0 bridgehead atoms. The summed E-state index contributed by atoms with van der Waals surface area (Å²) in [5.74, 6) is -0.572. The van der Waals surface area contributed by atoms with E-state index in [4.69, 9.17) is 21.1 Å². The van der Waals surface area contributed by atoms with Crippen LogP contribution in [0.3, 0.4) is 0 Å². The van der Waals surface area contributed by atoms with Crippen molar-refractivity contribution in [3.8, 4) is 11.5 Å². The van der Waals surface area contributed by atoms with Crippen LogP contribution in [-0.2, 0) is 9.53 Å². The molecule has 1 aromatic carbocycles. The van der Waals surface area contributed by atoms with Gasteiger partial charge in [0, 0.05) is 12.7 Å². The van der Waals surface area contributed by atoms with Crippen molar-refractivity contribution in [1.82, 2.24) is 10.2 Å². The third-order valence-electron chi connectivity index (χ3n) is 4.02. The predicted molar refractivity (Wildman–Crippen MR) is 92.7 cm³/mol. The molecule has 1 aromatic rings. The Morgan fingerprint density at radius 2 is 2.12 bits per heavy atom. The number of esters is 1. The highest BCUT2D eigenvalue weighted by atomic mass is 35.5. The molecule has 25 heavy (non-hydrogen) atoms. The average molecular weight is 369 g/mol. The summed E-state index contributed by atoms with van der Waals surface area (Å²) in [6.45, 7) is 3.85. The summed E-state index contributed by atoms with van der Waals surface area (Å²) in [4.78, 5) is 26.1. The summed E-state index contributed by atoms with van der Waals surface area (Å²) in [5.41, 5.74) is 1.29. The van der Waals surface area contributed by atoms with Gasteiger partial charge in [-0.25, -0.2) is 9.59 Å². The normalized spacial score (nSPS) is 17.4. The smallest absolute Gasteiger partial charge is 0.338 e. The Hall–Kier alpha value is -2.41. The number of phenolic OH excluding ortho intramolecular Hbond substituents is 1. The zero-order valence-corrected chi connectivity index (χ0v) is 15.3. The van der Waals surface area contributed by atoms with Crippen LogP contribution in [0.15, 0.2) is 23.4 Å². The quantitative estimate of drug-likeness (QED) is 0.780. The number of allylic oxidation sites excluding steroid dienone is 1. The molecule has 1 aliphatic rings. The number of benzene rings is 1. The van der Waals surface area contributed by atoms with Gasteiger partial charge in [-0.2, -0.15) is 0 Å². The third kappa shape index (κ3) is 3.66. The highest BCUT2D eigenvalue weighted by Gasteiger charge is 2.35. The number of nitrogens with zero attached hydrogens (tertiary/aromatic N) is 1. The molecule has 1 unspecified atom stereocenters. The fourth-order valence-corrected chi connectivity index (χ4v) is 2.76. The molecule has 0 aliphatic carbocycles. The molecule has 0 spiro atoms. The van der Waals surface area contributed by atoms with Gasteiger partial charge in [0.2, 0.25) is 0 Å². The first-order valence-corrected chi connectivity index (χ1v) is 8.18. The second kappa shape index (κ2) is 7.65. The molecular weight excluding hydrogens is 348 g/mol. The summed E-state index contributed by atoms with van der Waals surface area (Å²) in [6, 6.07) is 1.88. The van der Waals surface area contributed by atoms with Crippen molar-refractivity contribution < 1.29 is 24.2 Å². The molecular formula is C17H21ClN2O5. The van der Waals surface area contributed by atoms with Crippen LogP contribution in [0.2, 0.25) is 5.02 Å². The van der Waals surface area contributed by atoms with Gasteiger partial charge < -0.3 is 24.8 Å². The number of hydrogen-bond donors (Lipinski definition) is 2. The van der Waals surface area contributed by atoms with E-state index in [1.807, 2.05) is 6.92 Å². The van der Waals surface area contributed by atoms with Crippen molar-refractivity contribution >= 4 is 23.6 Å². The van der Waals surface area contributed by atoms with Crippen molar-refractivity contribution in [2.75, 3.05) is 20.8 Å². The Labute approximate surface area is 151 Å². The lowest BCUT2D eigenvalue weighted by atomic mass is 9.94. The molecule has 2 rings (SSSR count). The average Bonchev–Trinajstić information content (AvgIpc) is 2.59. The molecule has 0 aromatic heterocycles. The largest absolute Gasteiger partial charge is 0.503 e. The lowest BCUT2D eigenvalue weighted by Gasteiger charge is -2.33. The fraction of sp³-hybridized carbons (Fsp3) is 0.412. The number of amides is 2. The summed E-state index contributed by atoms with van der Waals surface area (Å²) < 4.78 is 10.4. The Morgan fingerprint density at radius 3 is 2.72 bits per heavy atom. The summed E-state index contributed by atoms with van der Waals surface area (Å²) in [5, 5.41) is 12.7. The van der Waals surface area contributed by atoms with E-state index in [0.717, 1.165) is 0 Å². The summed E-state index contributed by atoms with van der Waals surface area (Å²) in [6.07, 6.45) is 0.684. The number of carbonyl (C=O) groups is 2. The molecule has 1 heterocycles. The Bertz CT molecular complexity index is 732. The number of phenols is 1. The first-order chi connectivity index (χ1) is 11.8. The van der Waals surface area contributed by atoms with Crippen LogP contribution in [0.5, 0.6) is 11.5 Å². The molecule has 136 valence electrons. The van der Waals surface area contributed by atoms with E-state index in [0.29, 0.717) is 23.3 Å². The number of carbonyl (C=O) groups excluding carboxylic acids is 2. The van der Waals surface area contributed by atoms with Crippen LogP contribution < -0.4 is 10.1 Å². The number of urea groups is 1. The van der Waals surface area contributed by atoms with Crippen molar-refractivity contribution in [2.45, 2.75) is 26.3 Å². The number of halogens is 1. The van der Waals surface area contributed by atoms with Gasteiger partial charge in [-0.1, -0.05) is 18.5 Å². The molecule has 7 nitrogen and oxygen atoms in total. The second-order valence-electron chi connectivity index (χ2n) is 5.63. The molecule has 1 atom stereocenters. The molecule has 2 N–H and O–H groups in total. The minimum atomic E-state index is -0.764. The highest BCUT2D eigenvalue weighted by molar-refractivity contribution is 6.32. The maximum atomic E-state index is 12.5. The lowest BCUT2D eigenvalue weighted by Crippen LogP contribution is -2.46. The van der Waals surface area contributed by atoms with Crippen LogP contribution >= 0.6 is 11.6 Å². The number of methoxy groups -OCH3 is 1. The predicted octanol–water partition coefficient (Wildman–Crippen LogP) is 2.98. The molecule has 0 fully saturated rings. The third-order valence-corrected chi connectivity index (χ3v) is 4.30. The minimum absolute atomic E-state index is 0.0569. The Morgan fingerprint density at radius 1 is 1.44 bits per heavy atom. The molecule has 1 aliphatic heterocycles. The molecule has 8 heteroatoms. The van der Waals surface area contributed by atoms with Crippen molar-refractivity contribution in [1.29, 1.82) is 0 Å². The van der Waals surface area contributed by atoms with Crippen LogP contribution in [-0.4, -0.2) is 42.8 Å². The van der Waals surface area contributed by atoms with Crippen molar-refractivity contribution in [3.05, 3.63) is 34.0 Å². The summed E-state index contributed by atoms with van der Waals surface area (Å²) in [7, 11) is 2.96.